The molecule has 1 rings (SSSR count). The van der Waals surface area contributed by atoms with Crippen LogP contribution >= 0.6 is 0 Å². The molecule has 5 nitrogen and oxygen atoms in total. The fourth-order valence-corrected chi connectivity index (χ4v) is 1.56. The Hall–Kier alpha value is -1.17. The van der Waals surface area contributed by atoms with Crippen molar-refractivity contribution in [3.63, 3.8) is 0 Å². The van der Waals surface area contributed by atoms with E-state index in [4.69, 9.17) is 14.2 Å². The standard InChI is InChI=1S/C14H24N2O3/c1-3-15-14-11-13(5-6-16-14)12-19-10-9-18-8-4-7-17-2/h5-6,11H,3-4,7-10,12H2,1-2H3,(H,15,16). The van der Waals surface area contributed by atoms with Crippen molar-refractivity contribution in [1.29, 1.82) is 0 Å². The van der Waals surface area contributed by atoms with Gasteiger partial charge in [-0.3, -0.25) is 0 Å². The Kier molecular flexibility index (Phi) is 8.97. The van der Waals surface area contributed by atoms with Crippen LogP contribution in [-0.2, 0) is 20.8 Å². The normalized spacial score (nSPS) is 10.6. The van der Waals surface area contributed by atoms with Gasteiger partial charge in [0.25, 0.3) is 0 Å². The van der Waals surface area contributed by atoms with Crippen molar-refractivity contribution in [3.05, 3.63) is 23.9 Å². The lowest BCUT2D eigenvalue weighted by molar-refractivity contribution is 0.0337. The molecule has 0 amide bonds. The van der Waals surface area contributed by atoms with Crippen LogP contribution in [0.3, 0.4) is 0 Å². The van der Waals surface area contributed by atoms with E-state index < -0.39 is 0 Å². The summed E-state index contributed by atoms with van der Waals surface area (Å²) in [4.78, 5) is 4.21. The first-order valence-corrected chi connectivity index (χ1v) is 6.70. The molecule has 1 N–H and O–H groups in total. The molecule has 0 fully saturated rings. The summed E-state index contributed by atoms with van der Waals surface area (Å²) >= 11 is 0. The van der Waals surface area contributed by atoms with E-state index >= 15 is 0 Å². The minimum atomic E-state index is 0.586. The van der Waals surface area contributed by atoms with Crippen molar-refractivity contribution in [2.24, 2.45) is 0 Å². The Morgan fingerprint density at radius 1 is 1.16 bits per heavy atom. The Morgan fingerprint density at radius 3 is 2.79 bits per heavy atom. The quantitative estimate of drug-likeness (QED) is 0.623. The molecule has 0 aromatic carbocycles. The Morgan fingerprint density at radius 2 is 2.00 bits per heavy atom. The Bertz CT molecular complexity index is 334. The van der Waals surface area contributed by atoms with Gasteiger partial charge in [0.05, 0.1) is 19.8 Å². The zero-order valence-corrected chi connectivity index (χ0v) is 11.9. The SMILES string of the molecule is CCNc1cc(COCCOCCCOC)ccn1. The average molecular weight is 268 g/mol. The van der Waals surface area contributed by atoms with Gasteiger partial charge in [-0.2, -0.15) is 0 Å². The second-order valence-corrected chi connectivity index (χ2v) is 4.09. The molecule has 5 heteroatoms. The summed E-state index contributed by atoms with van der Waals surface area (Å²) in [6.07, 6.45) is 2.71. The minimum absolute atomic E-state index is 0.586. The van der Waals surface area contributed by atoms with Crippen LogP contribution in [-0.4, -0.2) is 45.1 Å². The molecule has 1 heterocycles. The zero-order chi connectivity index (χ0) is 13.8. The van der Waals surface area contributed by atoms with Gasteiger partial charge in [-0.1, -0.05) is 0 Å². The van der Waals surface area contributed by atoms with Crippen LogP contribution in [0.25, 0.3) is 0 Å². The Balaban J connectivity index is 2.07. The van der Waals surface area contributed by atoms with Gasteiger partial charge in [-0.05, 0) is 31.0 Å². The summed E-state index contributed by atoms with van der Waals surface area (Å²) < 4.78 is 15.9. The number of methoxy groups -OCH3 is 1. The summed E-state index contributed by atoms with van der Waals surface area (Å²) in [6.45, 7) is 6.18. The highest BCUT2D eigenvalue weighted by Crippen LogP contribution is 2.07. The maximum absolute atomic E-state index is 5.55. The average Bonchev–Trinajstić information content (AvgIpc) is 2.43. The molecule has 108 valence electrons. The molecule has 0 aliphatic rings. The van der Waals surface area contributed by atoms with Crippen molar-refractivity contribution < 1.29 is 14.2 Å². The summed E-state index contributed by atoms with van der Waals surface area (Å²) in [7, 11) is 1.69. The van der Waals surface area contributed by atoms with Crippen molar-refractivity contribution in [3.8, 4) is 0 Å². The second kappa shape index (κ2) is 10.7. The molecule has 1 aromatic heterocycles. The van der Waals surface area contributed by atoms with E-state index in [-0.39, 0.29) is 0 Å². The predicted octanol–water partition coefficient (Wildman–Crippen LogP) is 2.08. The maximum atomic E-state index is 5.55. The van der Waals surface area contributed by atoms with Gasteiger partial charge in [0.1, 0.15) is 5.82 Å². The fourth-order valence-electron chi connectivity index (χ4n) is 1.56. The van der Waals surface area contributed by atoms with E-state index in [9.17, 15) is 0 Å². The lowest BCUT2D eigenvalue weighted by Crippen LogP contribution is -2.07. The topological polar surface area (TPSA) is 52.6 Å². The largest absolute Gasteiger partial charge is 0.385 e. The molecule has 1 aromatic rings. The number of hydrogen-bond acceptors (Lipinski definition) is 5. The molecule has 0 aliphatic carbocycles. The van der Waals surface area contributed by atoms with E-state index in [1.807, 2.05) is 19.1 Å². The summed E-state index contributed by atoms with van der Waals surface area (Å²) in [5, 5.41) is 3.17. The number of rotatable bonds is 11. The van der Waals surface area contributed by atoms with Crippen molar-refractivity contribution in [2.45, 2.75) is 20.0 Å². The van der Waals surface area contributed by atoms with Crippen LogP contribution in [0, 0.1) is 0 Å². The third-order valence-corrected chi connectivity index (χ3v) is 2.46. The van der Waals surface area contributed by atoms with E-state index in [0.717, 1.165) is 37.6 Å². The molecule has 0 spiro atoms. The fraction of sp³-hybridized carbons (Fsp3) is 0.643. The third-order valence-electron chi connectivity index (χ3n) is 2.46. The number of nitrogens with zero attached hydrogens (tertiary/aromatic N) is 1. The second-order valence-electron chi connectivity index (χ2n) is 4.09. The van der Waals surface area contributed by atoms with Gasteiger partial charge in [0, 0.05) is 33.1 Å². The van der Waals surface area contributed by atoms with E-state index in [1.54, 1.807) is 13.3 Å². The first kappa shape index (κ1) is 15.9. The number of hydrogen-bond donors (Lipinski definition) is 1. The molecular weight excluding hydrogens is 244 g/mol. The Labute approximate surface area is 115 Å². The molecule has 19 heavy (non-hydrogen) atoms. The van der Waals surface area contributed by atoms with Crippen molar-refractivity contribution in [2.75, 3.05) is 45.4 Å². The van der Waals surface area contributed by atoms with Crippen molar-refractivity contribution in [1.82, 2.24) is 4.98 Å². The summed E-state index contributed by atoms with van der Waals surface area (Å²) in [5.74, 6) is 0.888. The lowest BCUT2D eigenvalue weighted by Gasteiger charge is -2.07. The van der Waals surface area contributed by atoms with Crippen LogP contribution in [0.4, 0.5) is 5.82 Å². The monoisotopic (exact) mass is 268 g/mol. The van der Waals surface area contributed by atoms with Gasteiger partial charge < -0.3 is 19.5 Å². The van der Waals surface area contributed by atoms with Crippen LogP contribution in [0.1, 0.15) is 18.9 Å². The van der Waals surface area contributed by atoms with Gasteiger partial charge in [0.2, 0.25) is 0 Å². The highest BCUT2D eigenvalue weighted by molar-refractivity contribution is 5.36. The van der Waals surface area contributed by atoms with Gasteiger partial charge in [0.15, 0.2) is 0 Å². The molecule has 0 unspecified atom stereocenters. The molecule has 0 bridgehead atoms. The third kappa shape index (κ3) is 7.77. The lowest BCUT2D eigenvalue weighted by atomic mass is 10.3. The summed E-state index contributed by atoms with van der Waals surface area (Å²) in [6, 6.07) is 3.96. The van der Waals surface area contributed by atoms with Crippen LogP contribution in [0.2, 0.25) is 0 Å². The smallest absolute Gasteiger partial charge is 0.126 e. The molecule has 0 atom stereocenters. The van der Waals surface area contributed by atoms with E-state index in [0.29, 0.717) is 19.8 Å². The highest BCUT2D eigenvalue weighted by atomic mass is 16.5. The van der Waals surface area contributed by atoms with E-state index in [1.165, 1.54) is 0 Å². The van der Waals surface area contributed by atoms with Crippen LogP contribution in [0.15, 0.2) is 18.3 Å². The van der Waals surface area contributed by atoms with Crippen LogP contribution < -0.4 is 5.32 Å². The number of aromatic nitrogens is 1. The minimum Gasteiger partial charge on any atom is -0.385 e. The number of ether oxygens (including phenoxy) is 3. The summed E-state index contributed by atoms with van der Waals surface area (Å²) in [5.41, 5.74) is 1.12. The van der Waals surface area contributed by atoms with Crippen molar-refractivity contribution >= 4 is 5.82 Å². The first-order chi connectivity index (χ1) is 9.36. The van der Waals surface area contributed by atoms with E-state index in [2.05, 4.69) is 10.3 Å². The maximum Gasteiger partial charge on any atom is 0.126 e. The molecule has 0 aliphatic heterocycles. The number of pyridine rings is 1. The van der Waals surface area contributed by atoms with Crippen LogP contribution in [0.5, 0.6) is 0 Å². The first-order valence-electron chi connectivity index (χ1n) is 6.70. The van der Waals surface area contributed by atoms with Gasteiger partial charge >= 0.3 is 0 Å². The molecule has 0 saturated carbocycles. The molecule has 0 radical (unpaired) electrons. The van der Waals surface area contributed by atoms with Gasteiger partial charge in [-0.15, -0.1) is 0 Å². The predicted molar refractivity (Wildman–Crippen MR) is 75.4 cm³/mol. The molecule has 0 saturated heterocycles. The molecular formula is C14H24N2O3. The van der Waals surface area contributed by atoms with Gasteiger partial charge in [-0.25, -0.2) is 4.98 Å². The number of anilines is 1. The number of nitrogens with one attached hydrogen (secondary N) is 1. The highest BCUT2D eigenvalue weighted by Gasteiger charge is 1.97. The zero-order valence-electron chi connectivity index (χ0n) is 11.9.